The van der Waals surface area contributed by atoms with Gasteiger partial charge in [-0.1, -0.05) is 30.7 Å². The lowest BCUT2D eigenvalue weighted by Gasteiger charge is -2.11. The molecule has 1 fully saturated rings. The molecule has 0 unspecified atom stereocenters. The minimum atomic E-state index is -3.25. The highest BCUT2D eigenvalue weighted by Crippen LogP contribution is 2.62. The number of aliphatic hydroxyl groups is 1. The predicted molar refractivity (Wildman–Crippen MR) is 76.0 cm³/mol. The molecule has 0 spiro atoms. The predicted octanol–water partition coefficient (Wildman–Crippen LogP) is 1.18. The van der Waals surface area contributed by atoms with Crippen LogP contribution in [-0.2, 0) is 9.84 Å². The molecule has 0 heterocycles. The standard InChI is InChI=1S/C13H18ClNO3S/c1-2-19(17,18)12-11(13(12,7-15)8-16)9-4-3-5-10(14)6-9/h3-6,11-12,16H,2,7-8,15H2,1H3/t11-,12+,13-/m1/s1. The van der Waals surface area contributed by atoms with Gasteiger partial charge in [-0.25, -0.2) is 8.42 Å². The van der Waals surface area contributed by atoms with Gasteiger partial charge in [-0.15, -0.1) is 0 Å². The van der Waals surface area contributed by atoms with Crippen LogP contribution >= 0.6 is 11.6 Å². The van der Waals surface area contributed by atoms with Gasteiger partial charge in [0.05, 0.1) is 11.9 Å². The number of benzene rings is 1. The molecule has 0 bridgehead atoms. The lowest BCUT2D eigenvalue weighted by atomic mass is 10.0. The van der Waals surface area contributed by atoms with Crippen molar-refractivity contribution in [2.24, 2.45) is 11.1 Å². The average molecular weight is 304 g/mol. The van der Waals surface area contributed by atoms with Crippen LogP contribution in [0.1, 0.15) is 18.4 Å². The zero-order chi connectivity index (χ0) is 14.3. The van der Waals surface area contributed by atoms with Crippen molar-refractivity contribution in [2.75, 3.05) is 18.9 Å². The Hall–Kier alpha value is -0.620. The van der Waals surface area contributed by atoms with Crippen molar-refractivity contribution in [3.63, 3.8) is 0 Å². The number of nitrogens with two attached hydrogens (primary N) is 1. The minimum Gasteiger partial charge on any atom is -0.396 e. The summed E-state index contributed by atoms with van der Waals surface area (Å²) in [5.41, 5.74) is 5.79. The van der Waals surface area contributed by atoms with Crippen molar-refractivity contribution >= 4 is 21.4 Å². The van der Waals surface area contributed by atoms with Crippen LogP contribution in [0.2, 0.25) is 5.02 Å². The smallest absolute Gasteiger partial charge is 0.154 e. The Morgan fingerprint density at radius 2 is 2.16 bits per heavy atom. The van der Waals surface area contributed by atoms with Crippen molar-refractivity contribution < 1.29 is 13.5 Å². The summed E-state index contributed by atoms with van der Waals surface area (Å²) in [6.45, 7) is 1.52. The lowest BCUT2D eigenvalue weighted by molar-refractivity contribution is 0.212. The number of hydrogen-bond donors (Lipinski definition) is 2. The maximum absolute atomic E-state index is 12.2. The van der Waals surface area contributed by atoms with Crippen molar-refractivity contribution in [1.29, 1.82) is 0 Å². The Bertz CT molecular complexity index is 569. The summed E-state index contributed by atoms with van der Waals surface area (Å²) in [6, 6.07) is 7.10. The lowest BCUT2D eigenvalue weighted by Crippen LogP contribution is -2.28. The van der Waals surface area contributed by atoms with E-state index < -0.39 is 20.5 Å². The van der Waals surface area contributed by atoms with E-state index in [2.05, 4.69) is 0 Å². The molecule has 1 aromatic carbocycles. The van der Waals surface area contributed by atoms with Crippen LogP contribution in [0.4, 0.5) is 0 Å². The van der Waals surface area contributed by atoms with E-state index in [1.54, 1.807) is 25.1 Å². The molecule has 6 heteroatoms. The van der Waals surface area contributed by atoms with Crippen molar-refractivity contribution in [1.82, 2.24) is 0 Å². The fraction of sp³-hybridized carbons (Fsp3) is 0.538. The normalized spacial score (nSPS) is 30.3. The second-order valence-electron chi connectivity index (χ2n) is 5.00. The highest BCUT2D eigenvalue weighted by Gasteiger charge is 2.69. The van der Waals surface area contributed by atoms with Crippen LogP contribution in [0.5, 0.6) is 0 Å². The minimum absolute atomic E-state index is 0.0521. The average Bonchev–Trinajstić information content (AvgIpc) is 3.09. The molecular weight excluding hydrogens is 286 g/mol. The van der Waals surface area contributed by atoms with Gasteiger partial charge in [-0.2, -0.15) is 0 Å². The van der Waals surface area contributed by atoms with Crippen molar-refractivity contribution in [3.8, 4) is 0 Å². The summed E-state index contributed by atoms with van der Waals surface area (Å²) in [4.78, 5) is 0. The van der Waals surface area contributed by atoms with Crippen LogP contribution in [-0.4, -0.2) is 37.7 Å². The van der Waals surface area contributed by atoms with Gasteiger partial charge in [0, 0.05) is 28.7 Å². The second kappa shape index (κ2) is 5.05. The summed E-state index contributed by atoms with van der Waals surface area (Å²) in [5.74, 6) is -0.220. The van der Waals surface area contributed by atoms with E-state index in [0.717, 1.165) is 5.56 Å². The fourth-order valence-corrected chi connectivity index (χ4v) is 5.26. The summed E-state index contributed by atoms with van der Waals surface area (Å²) >= 11 is 5.95. The summed E-state index contributed by atoms with van der Waals surface area (Å²) in [5, 5.41) is 9.55. The summed E-state index contributed by atoms with van der Waals surface area (Å²) < 4.78 is 24.3. The zero-order valence-corrected chi connectivity index (χ0v) is 12.3. The van der Waals surface area contributed by atoms with E-state index in [4.69, 9.17) is 17.3 Å². The number of halogens is 1. The van der Waals surface area contributed by atoms with Gasteiger partial charge in [0.15, 0.2) is 9.84 Å². The van der Waals surface area contributed by atoms with Crippen molar-refractivity contribution in [2.45, 2.75) is 18.1 Å². The highest BCUT2D eigenvalue weighted by molar-refractivity contribution is 7.92. The first kappa shape index (κ1) is 14.8. The Morgan fingerprint density at radius 1 is 1.47 bits per heavy atom. The quantitative estimate of drug-likeness (QED) is 0.856. The summed E-state index contributed by atoms with van der Waals surface area (Å²) in [6.07, 6.45) is 0. The van der Waals surface area contributed by atoms with Gasteiger partial charge in [-0.05, 0) is 17.7 Å². The molecule has 3 atom stereocenters. The first-order valence-electron chi connectivity index (χ1n) is 6.21. The van der Waals surface area contributed by atoms with Crippen LogP contribution in [0.15, 0.2) is 24.3 Å². The first-order chi connectivity index (χ1) is 8.93. The molecule has 0 radical (unpaired) electrons. The Labute approximate surface area is 118 Å². The first-order valence-corrected chi connectivity index (χ1v) is 8.30. The molecule has 3 N–H and O–H groups in total. The molecule has 0 aliphatic heterocycles. The molecule has 1 aliphatic rings. The van der Waals surface area contributed by atoms with Crippen LogP contribution < -0.4 is 5.73 Å². The van der Waals surface area contributed by atoms with Gasteiger partial charge in [-0.3, -0.25) is 0 Å². The largest absolute Gasteiger partial charge is 0.396 e. The molecule has 106 valence electrons. The van der Waals surface area contributed by atoms with Crippen LogP contribution in [0, 0.1) is 5.41 Å². The van der Waals surface area contributed by atoms with E-state index in [1.165, 1.54) is 0 Å². The molecule has 19 heavy (non-hydrogen) atoms. The maximum atomic E-state index is 12.2. The van der Waals surface area contributed by atoms with Crippen LogP contribution in [0.3, 0.4) is 0 Å². The van der Waals surface area contributed by atoms with Gasteiger partial charge < -0.3 is 10.8 Å². The highest BCUT2D eigenvalue weighted by atomic mass is 35.5. The third-order valence-corrected chi connectivity index (χ3v) is 6.61. The number of sulfone groups is 1. The van der Waals surface area contributed by atoms with E-state index >= 15 is 0 Å². The van der Waals surface area contributed by atoms with Gasteiger partial charge in [0.1, 0.15) is 0 Å². The zero-order valence-electron chi connectivity index (χ0n) is 10.7. The maximum Gasteiger partial charge on any atom is 0.154 e. The Kier molecular flexibility index (Phi) is 3.93. The van der Waals surface area contributed by atoms with Gasteiger partial charge in [0.2, 0.25) is 0 Å². The Morgan fingerprint density at radius 3 is 2.63 bits per heavy atom. The Balaban J connectivity index is 2.45. The molecule has 4 nitrogen and oxygen atoms in total. The van der Waals surface area contributed by atoms with Gasteiger partial charge >= 0.3 is 0 Å². The molecule has 1 saturated carbocycles. The number of aliphatic hydroxyl groups excluding tert-OH is 1. The fourth-order valence-electron chi connectivity index (χ4n) is 2.90. The van der Waals surface area contributed by atoms with Crippen molar-refractivity contribution in [3.05, 3.63) is 34.9 Å². The molecule has 1 aliphatic carbocycles. The monoisotopic (exact) mass is 303 g/mol. The molecule has 2 rings (SSSR count). The van der Waals surface area contributed by atoms with Crippen LogP contribution in [0.25, 0.3) is 0 Å². The van der Waals surface area contributed by atoms with E-state index in [1.807, 2.05) is 6.07 Å². The third kappa shape index (κ3) is 2.29. The summed E-state index contributed by atoms with van der Waals surface area (Å²) in [7, 11) is -3.25. The number of hydrogen-bond acceptors (Lipinski definition) is 4. The van der Waals surface area contributed by atoms with E-state index in [9.17, 15) is 13.5 Å². The van der Waals surface area contributed by atoms with Gasteiger partial charge in [0.25, 0.3) is 0 Å². The second-order valence-corrected chi connectivity index (χ2v) is 7.85. The molecule has 0 saturated heterocycles. The molecule has 0 aromatic heterocycles. The van der Waals surface area contributed by atoms with E-state index in [-0.39, 0.29) is 24.8 Å². The number of rotatable bonds is 5. The molecule has 0 amide bonds. The SMILES string of the molecule is CCS(=O)(=O)[C@H]1[C@@H](c2cccc(Cl)c2)[C@@]1(CN)CO. The topological polar surface area (TPSA) is 80.4 Å². The molecular formula is C13H18ClNO3S. The third-order valence-electron chi connectivity index (χ3n) is 4.05. The van der Waals surface area contributed by atoms with E-state index in [0.29, 0.717) is 5.02 Å². The molecule has 1 aromatic rings.